The number of aliphatic hydroxyl groups is 1. The van der Waals surface area contributed by atoms with Crippen LogP contribution >= 0.6 is 0 Å². The fraction of sp³-hybridized carbons (Fsp3) is 0.682. The monoisotopic (exact) mass is 370 g/mol. The Morgan fingerprint density at radius 1 is 1.07 bits per heavy atom. The van der Waals surface area contributed by atoms with Gasteiger partial charge in [-0.05, 0) is 80.4 Å². The molecule has 4 saturated carbocycles. The highest BCUT2D eigenvalue weighted by Crippen LogP contribution is 2.58. The van der Waals surface area contributed by atoms with Crippen molar-refractivity contribution in [3.05, 3.63) is 35.6 Å². The molecule has 2 amide bonds. The molecule has 2 heterocycles. The molecule has 0 radical (unpaired) electrons. The number of hydrogen-bond donors (Lipinski definition) is 1. The number of hydrogen-bond acceptors (Lipinski definition) is 2. The zero-order valence-corrected chi connectivity index (χ0v) is 15.6. The predicted octanol–water partition coefficient (Wildman–Crippen LogP) is 3.49. The minimum Gasteiger partial charge on any atom is -0.390 e. The van der Waals surface area contributed by atoms with Crippen LogP contribution in [0.2, 0.25) is 0 Å². The van der Waals surface area contributed by atoms with Crippen molar-refractivity contribution in [2.75, 3.05) is 13.1 Å². The lowest BCUT2D eigenvalue weighted by Crippen LogP contribution is -2.62. The Kier molecular flexibility index (Phi) is 3.18. The first-order valence-corrected chi connectivity index (χ1v) is 10.5. The van der Waals surface area contributed by atoms with Gasteiger partial charge in [0.2, 0.25) is 0 Å². The van der Waals surface area contributed by atoms with Crippen LogP contribution in [0.3, 0.4) is 0 Å². The van der Waals surface area contributed by atoms with Crippen LogP contribution in [-0.2, 0) is 5.54 Å². The van der Waals surface area contributed by atoms with Gasteiger partial charge in [0, 0.05) is 12.6 Å². The summed E-state index contributed by atoms with van der Waals surface area (Å²) in [5.41, 5.74) is 0.302. The van der Waals surface area contributed by atoms with Crippen molar-refractivity contribution >= 4 is 6.03 Å². The van der Waals surface area contributed by atoms with Gasteiger partial charge in [-0.1, -0.05) is 12.1 Å². The average molecular weight is 370 g/mol. The third kappa shape index (κ3) is 2.15. The van der Waals surface area contributed by atoms with E-state index >= 15 is 0 Å². The SMILES string of the molecule is O=C1N(C2C3CC4CC2CC(O)(C4)C3)C[C@]2(c3ccc(F)cc3)CCCN12. The smallest absolute Gasteiger partial charge is 0.321 e. The minimum absolute atomic E-state index is 0.168. The Balaban J connectivity index is 1.35. The number of fused-ring (bicyclic) bond motifs is 1. The molecular formula is C22H27FN2O2. The van der Waals surface area contributed by atoms with E-state index in [4.69, 9.17) is 0 Å². The third-order valence-corrected chi connectivity index (χ3v) is 8.33. The Hall–Kier alpha value is -1.62. The second-order valence-corrected chi connectivity index (χ2v) is 9.89. The summed E-state index contributed by atoms with van der Waals surface area (Å²) >= 11 is 0. The molecule has 0 aromatic heterocycles. The first-order valence-electron chi connectivity index (χ1n) is 10.5. The zero-order valence-electron chi connectivity index (χ0n) is 15.6. The number of amides is 2. The maximum absolute atomic E-state index is 13.5. The van der Waals surface area contributed by atoms with Crippen LogP contribution in [0.4, 0.5) is 9.18 Å². The van der Waals surface area contributed by atoms with Crippen molar-refractivity contribution in [2.45, 2.75) is 62.1 Å². The topological polar surface area (TPSA) is 43.8 Å². The van der Waals surface area contributed by atoms with Gasteiger partial charge in [-0.2, -0.15) is 0 Å². The van der Waals surface area contributed by atoms with Crippen LogP contribution in [0.15, 0.2) is 24.3 Å². The third-order valence-electron chi connectivity index (χ3n) is 8.33. The molecule has 144 valence electrons. The minimum atomic E-state index is -0.472. The molecule has 5 heteroatoms. The molecule has 3 atom stereocenters. The average Bonchev–Trinajstić information content (AvgIpc) is 3.14. The van der Waals surface area contributed by atoms with Gasteiger partial charge in [0.05, 0.1) is 17.7 Å². The lowest BCUT2D eigenvalue weighted by molar-refractivity contribution is -0.152. The molecule has 7 rings (SSSR count). The van der Waals surface area contributed by atoms with Gasteiger partial charge < -0.3 is 14.9 Å². The summed E-state index contributed by atoms with van der Waals surface area (Å²) in [6.07, 6.45) is 6.97. The summed E-state index contributed by atoms with van der Waals surface area (Å²) in [6.45, 7) is 1.51. The van der Waals surface area contributed by atoms with E-state index in [0.717, 1.165) is 63.6 Å². The molecule has 1 aromatic rings. The lowest BCUT2D eigenvalue weighted by atomic mass is 9.52. The maximum atomic E-state index is 13.5. The van der Waals surface area contributed by atoms with Crippen LogP contribution < -0.4 is 0 Å². The van der Waals surface area contributed by atoms with Gasteiger partial charge in [-0.15, -0.1) is 0 Å². The number of benzene rings is 1. The van der Waals surface area contributed by atoms with E-state index < -0.39 is 5.60 Å². The predicted molar refractivity (Wildman–Crippen MR) is 98.4 cm³/mol. The largest absolute Gasteiger partial charge is 0.390 e. The summed E-state index contributed by atoms with van der Waals surface area (Å²) in [4.78, 5) is 17.7. The van der Waals surface area contributed by atoms with Crippen molar-refractivity contribution in [3.63, 3.8) is 0 Å². The van der Waals surface area contributed by atoms with Crippen molar-refractivity contribution < 1.29 is 14.3 Å². The van der Waals surface area contributed by atoms with Gasteiger partial charge >= 0.3 is 6.03 Å². The Morgan fingerprint density at radius 2 is 1.78 bits per heavy atom. The molecule has 2 unspecified atom stereocenters. The molecule has 27 heavy (non-hydrogen) atoms. The highest BCUT2D eigenvalue weighted by atomic mass is 19.1. The number of rotatable bonds is 2. The summed E-state index contributed by atoms with van der Waals surface area (Å²) in [6, 6.07) is 7.21. The molecule has 0 spiro atoms. The van der Waals surface area contributed by atoms with Gasteiger partial charge in [-0.3, -0.25) is 0 Å². The lowest BCUT2D eigenvalue weighted by Gasteiger charge is -2.59. The molecule has 1 aromatic carbocycles. The number of carbonyl (C=O) groups is 1. The van der Waals surface area contributed by atoms with E-state index in [-0.39, 0.29) is 23.4 Å². The molecule has 1 N–H and O–H groups in total. The van der Waals surface area contributed by atoms with Crippen molar-refractivity contribution in [1.82, 2.24) is 9.80 Å². The van der Waals surface area contributed by atoms with Gasteiger partial charge in [0.1, 0.15) is 5.82 Å². The molecule has 6 fully saturated rings. The second kappa shape index (κ2) is 5.25. The first-order chi connectivity index (χ1) is 13.0. The van der Waals surface area contributed by atoms with Crippen LogP contribution in [-0.4, -0.2) is 45.7 Å². The zero-order chi connectivity index (χ0) is 18.4. The molecule has 4 aliphatic carbocycles. The van der Waals surface area contributed by atoms with Gasteiger partial charge in [0.25, 0.3) is 0 Å². The normalized spacial score (nSPS) is 45.0. The fourth-order valence-corrected chi connectivity index (χ4v) is 7.67. The van der Waals surface area contributed by atoms with E-state index in [2.05, 4.69) is 9.80 Å². The molecule has 4 bridgehead atoms. The van der Waals surface area contributed by atoms with E-state index in [1.54, 1.807) is 0 Å². The van der Waals surface area contributed by atoms with E-state index in [9.17, 15) is 14.3 Å². The first kappa shape index (κ1) is 16.3. The van der Waals surface area contributed by atoms with Crippen LogP contribution in [0.5, 0.6) is 0 Å². The van der Waals surface area contributed by atoms with Crippen molar-refractivity contribution in [1.29, 1.82) is 0 Å². The number of nitrogens with zero attached hydrogens (tertiary/aromatic N) is 2. The Labute approximate surface area is 159 Å². The highest BCUT2D eigenvalue weighted by molar-refractivity contribution is 5.79. The Bertz CT molecular complexity index is 780. The maximum Gasteiger partial charge on any atom is 0.321 e. The van der Waals surface area contributed by atoms with Crippen molar-refractivity contribution in [2.24, 2.45) is 17.8 Å². The van der Waals surface area contributed by atoms with Gasteiger partial charge in [-0.25, -0.2) is 9.18 Å². The molecular weight excluding hydrogens is 343 g/mol. The van der Waals surface area contributed by atoms with Crippen LogP contribution in [0.25, 0.3) is 0 Å². The van der Waals surface area contributed by atoms with Crippen LogP contribution in [0, 0.1) is 23.6 Å². The van der Waals surface area contributed by atoms with Crippen LogP contribution in [0.1, 0.15) is 50.5 Å². The standard InChI is InChI=1S/C22H27FN2O2/c23-18-4-2-17(3-5-18)22-6-1-7-25(22)20(26)24(13-22)19-15-8-14-9-16(19)12-21(27,10-14)11-15/h2-5,14-16,19,27H,1,6-13H2/t14?,15?,16?,19?,21?,22-/m0/s1. The Morgan fingerprint density at radius 3 is 2.44 bits per heavy atom. The highest BCUT2D eigenvalue weighted by Gasteiger charge is 2.61. The summed E-state index contributed by atoms with van der Waals surface area (Å²) in [5, 5.41) is 10.9. The van der Waals surface area contributed by atoms with Crippen molar-refractivity contribution in [3.8, 4) is 0 Å². The number of urea groups is 1. The fourth-order valence-electron chi connectivity index (χ4n) is 7.67. The van der Waals surface area contributed by atoms with E-state index in [0.29, 0.717) is 17.8 Å². The molecule has 4 nitrogen and oxygen atoms in total. The molecule has 6 aliphatic rings. The molecule has 2 saturated heterocycles. The van der Waals surface area contributed by atoms with E-state index in [1.165, 1.54) is 12.1 Å². The summed E-state index contributed by atoms with van der Waals surface area (Å²) in [5.74, 6) is 1.30. The summed E-state index contributed by atoms with van der Waals surface area (Å²) in [7, 11) is 0. The summed E-state index contributed by atoms with van der Waals surface area (Å²) < 4.78 is 13.5. The second-order valence-electron chi connectivity index (χ2n) is 9.89. The number of carbonyl (C=O) groups excluding carboxylic acids is 1. The van der Waals surface area contributed by atoms with Gasteiger partial charge in [0.15, 0.2) is 0 Å². The quantitative estimate of drug-likeness (QED) is 0.866. The molecule has 2 aliphatic heterocycles. The number of halogens is 1. The van der Waals surface area contributed by atoms with E-state index in [1.807, 2.05) is 12.1 Å².